The van der Waals surface area contributed by atoms with E-state index in [4.69, 9.17) is 4.74 Å². The van der Waals surface area contributed by atoms with Gasteiger partial charge in [0, 0.05) is 18.1 Å². The van der Waals surface area contributed by atoms with Crippen LogP contribution in [0.15, 0.2) is 84.9 Å². The molecule has 0 saturated carbocycles. The highest BCUT2D eigenvalue weighted by Crippen LogP contribution is 2.22. The number of thioether (sulfide) groups is 1. The molecule has 0 fully saturated rings. The number of benzene rings is 3. The fourth-order valence-electron chi connectivity index (χ4n) is 3.06. The van der Waals surface area contributed by atoms with Gasteiger partial charge in [-0.15, -0.1) is 0 Å². The number of hydrogen-bond acceptors (Lipinski definition) is 5. The van der Waals surface area contributed by atoms with Crippen molar-refractivity contribution in [1.82, 2.24) is 5.32 Å². The standard InChI is InChI=1S/C25H28N2O4S2/c1-33(29,30)27(18-25(28)26-16-17-32-20-22-10-6-3-7-11-22)23-12-14-24(15-13-23)31-19-21-8-4-2-5-9-21/h2-15H,16-20H2,1H3,(H,26,28). The van der Waals surface area contributed by atoms with Crippen LogP contribution in [0.1, 0.15) is 11.1 Å². The van der Waals surface area contributed by atoms with E-state index in [1.165, 1.54) is 5.56 Å². The number of hydrogen-bond donors (Lipinski definition) is 1. The first-order valence-electron chi connectivity index (χ1n) is 10.5. The fourth-order valence-corrected chi connectivity index (χ4v) is 4.74. The van der Waals surface area contributed by atoms with Gasteiger partial charge in [-0.25, -0.2) is 8.42 Å². The third-order valence-corrected chi connectivity index (χ3v) is 6.91. The van der Waals surface area contributed by atoms with E-state index < -0.39 is 10.0 Å². The van der Waals surface area contributed by atoms with Crippen molar-refractivity contribution in [1.29, 1.82) is 0 Å². The molecule has 0 aliphatic heterocycles. The average molecular weight is 485 g/mol. The summed E-state index contributed by atoms with van der Waals surface area (Å²) in [4.78, 5) is 12.4. The second kappa shape index (κ2) is 12.3. The minimum Gasteiger partial charge on any atom is -0.489 e. The first-order chi connectivity index (χ1) is 15.9. The van der Waals surface area contributed by atoms with Crippen LogP contribution in [0.3, 0.4) is 0 Å². The molecule has 0 radical (unpaired) electrons. The molecule has 0 aliphatic rings. The number of nitrogens with zero attached hydrogens (tertiary/aromatic N) is 1. The zero-order valence-corrected chi connectivity index (χ0v) is 20.1. The van der Waals surface area contributed by atoms with E-state index >= 15 is 0 Å². The highest BCUT2D eigenvalue weighted by molar-refractivity contribution is 7.98. The van der Waals surface area contributed by atoms with Crippen molar-refractivity contribution in [2.75, 3.05) is 29.4 Å². The predicted octanol–water partition coefficient (Wildman–Crippen LogP) is 4.08. The Bertz CT molecular complexity index is 1110. The van der Waals surface area contributed by atoms with Crippen molar-refractivity contribution < 1.29 is 17.9 Å². The molecule has 1 N–H and O–H groups in total. The number of sulfonamides is 1. The molecule has 8 heteroatoms. The van der Waals surface area contributed by atoms with E-state index in [1.54, 1.807) is 36.0 Å². The zero-order chi connectivity index (χ0) is 23.5. The van der Waals surface area contributed by atoms with E-state index in [-0.39, 0.29) is 12.5 Å². The van der Waals surface area contributed by atoms with Gasteiger partial charge < -0.3 is 10.1 Å². The number of rotatable bonds is 12. The van der Waals surface area contributed by atoms with Crippen molar-refractivity contribution in [3.8, 4) is 5.75 Å². The van der Waals surface area contributed by atoms with Gasteiger partial charge in [0.1, 0.15) is 18.9 Å². The Kier molecular flexibility index (Phi) is 9.21. The van der Waals surface area contributed by atoms with E-state index in [1.807, 2.05) is 48.5 Å². The summed E-state index contributed by atoms with van der Waals surface area (Å²) < 4.78 is 31.5. The molecule has 3 aromatic rings. The number of ether oxygens (including phenoxy) is 1. The lowest BCUT2D eigenvalue weighted by Gasteiger charge is -2.22. The summed E-state index contributed by atoms with van der Waals surface area (Å²) in [6, 6.07) is 26.6. The summed E-state index contributed by atoms with van der Waals surface area (Å²) in [7, 11) is -3.63. The van der Waals surface area contributed by atoms with Gasteiger partial charge in [0.25, 0.3) is 0 Å². The van der Waals surface area contributed by atoms with Crippen LogP contribution < -0.4 is 14.4 Å². The maximum atomic E-state index is 12.4. The number of carbonyl (C=O) groups excluding carboxylic acids is 1. The normalized spacial score (nSPS) is 11.1. The van der Waals surface area contributed by atoms with Crippen molar-refractivity contribution >= 4 is 33.4 Å². The molecule has 174 valence electrons. The first kappa shape index (κ1) is 24.7. The van der Waals surface area contributed by atoms with Gasteiger partial charge in [-0.3, -0.25) is 9.10 Å². The molecule has 0 bridgehead atoms. The largest absolute Gasteiger partial charge is 0.489 e. The van der Waals surface area contributed by atoms with Crippen molar-refractivity contribution in [2.24, 2.45) is 0 Å². The summed E-state index contributed by atoms with van der Waals surface area (Å²) in [5.41, 5.74) is 2.68. The van der Waals surface area contributed by atoms with Crippen LogP contribution in [-0.2, 0) is 27.2 Å². The maximum absolute atomic E-state index is 12.4. The van der Waals surface area contributed by atoms with E-state index in [0.717, 1.165) is 27.6 Å². The minimum atomic E-state index is -3.63. The second-order valence-electron chi connectivity index (χ2n) is 7.43. The zero-order valence-electron chi connectivity index (χ0n) is 18.5. The van der Waals surface area contributed by atoms with E-state index in [2.05, 4.69) is 17.4 Å². The number of carbonyl (C=O) groups is 1. The van der Waals surface area contributed by atoms with Crippen LogP contribution in [-0.4, -0.2) is 39.4 Å². The summed E-state index contributed by atoms with van der Waals surface area (Å²) in [5.74, 6) is 1.89. The molecule has 6 nitrogen and oxygen atoms in total. The van der Waals surface area contributed by atoms with Crippen LogP contribution >= 0.6 is 11.8 Å². The Morgan fingerprint density at radius 3 is 2.12 bits per heavy atom. The molecule has 0 spiro atoms. The predicted molar refractivity (Wildman–Crippen MR) is 135 cm³/mol. The van der Waals surface area contributed by atoms with Crippen LogP contribution in [0.4, 0.5) is 5.69 Å². The monoisotopic (exact) mass is 484 g/mol. The Balaban J connectivity index is 1.49. The molecule has 3 aromatic carbocycles. The molecule has 33 heavy (non-hydrogen) atoms. The molecule has 0 saturated heterocycles. The second-order valence-corrected chi connectivity index (χ2v) is 10.4. The Morgan fingerprint density at radius 2 is 1.52 bits per heavy atom. The summed E-state index contributed by atoms with van der Waals surface area (Å²) >= 11 is 1.71. The van der Waals surface area contributed by atoms with Crippen LogP contribution in [0.25, 0.3) is 0 Å². The van der Waals surface area contributed by atoms with Gasteiger partial charge in [0.05, 0.1) is 11.9 Å². The molecule has 3 rings (SSSR count). The Hall–Kier alpha value is -2.97. The van der Waals surface area contributed by atoms with Crippen molar-refractivity contribution in [3.05, 3.63) is 96.1 Å². The van der Waals surface area contributed by atoms with Crippen LogP contribution in [0.2, 0.25) is 0 Å². The number of amides is 1. The van der Waals surface area contributed by atoms with Gasteiger partial charge in [0.15, 0.2) is 0 Å². The highest BCUT2D eigenvalue weighted by Gasteiger charge is 2.20. The lowest BCUT2D eigenvalue weighted by Crippen LogP contribution is -2.41. The quantitative estimate of drug-likeness (QED) is 0.392. The minimum absolute atomic E-state index is 0.271. The molecular formula is C25H28N2O4S2. The van der Waals surface area contributed by atoms with Gasteiger partial charge in [-0.1, -0.05) is 60.7 Å². The third kappa shape index (κ3) is 8.47. The lowest BCUT2D eigenvalue weighted by molar-refractivity contribution is -0.119. The Morgan fingerprint density at radius 1 is 0.909 bits per heavy atom. The topological polar surface area (TPSA) is 75.7 Å². The SMILES string of the molecule is CS(=O)(=O)N(CC(=O)NCCSCc1ccccc1)c1ccc(OCc2ccccc2)cc1. The summed E-state index contributed by atoms with van der Waals surface area (Å²) in [5, 5.41) is 2.80. The van der Waals surface area contributed by atoms with Crippen LogP contribution in [0, 0.1) is 0 Å². The van der Waals surface area contributed by atoms with E-state index in [0.29, 0.717) is 24.6 Å². The molecule has 0 heterocycles. The molecule has 1 amide bonds. The first-order valence-corrected chi connectivity index (χ1v) is 13.5. The molecule has 0 aliphatic carbocycles. The summed E-state index contributed by atoms with van der Waals surface area (Å²) in [6.07, 6.45) is 1.09. The van der Waals surface area contributed by atoms with Gasteiger partial charge >= 0.3 is 0 Å². The third-order valence-electron chi connectivity index (χ3n) is 4.74. The van der Waals surface area contributed by atoms with Gasteiger partial charge in [-0.05, 0) is 35.4 Å². The molecule has 0 atom stereocenters. The number of anilines is 1. The maximum Gasteiger partial charge on any atom is 0.240 e. The van der Waals surface area contributed by atoms with Gasteiger partial charge in [0.2, 0.25) is 15.9 Å². The van der Waals surface area contributed by atoms with E-state index in [9.17, 15) is 13.2 Å². The lowest BCUT2D eigenvalue weighted by atomic mass is 10.2. The highest BCUT2D eigenvalue weighted by atomic mass is 32.2. The van der Waals surface area contributed by atoms with Crippen LogP contribution in [0.5, 0.6) is 5.75 Å². The Labute approximate surface area is 200 Å². The number of nitrogens with one attached hydrogen (secondary N) is 1. The van der Waals surface area contributed by atoms with Gasteiger partial charge in [-0.2, -0.15) is 11.8 Å². The summed E-state index contributed by atoms with van der Waals surface area (Å²) in [6.45, 7) is 0.618. The molecular weight excluding hydrogens is 456 g/mol. The van der Waals surface area contributed by atoms with Crippen molar-refractivity contribution in [3.63, 3.8) is 0 Å². The molecule has 0 unspecified atom stereocenters. The molecule has 0 aromatic heterocycles. The smallest absolute Gasteiger partial charge is 0.240 e. The fraction of sp³-hybridized carbons (Fsp3) is 0.240. The average Bonchev–Trinajstić information content (AvgIpc) is 2.82. The van der Waals surface area contributed by atoms with Crippen molar-refractivity contribution in [2.45, 2.75) is 12.4 Å².